The smallest absolute Gasteiger partial charge is 0.272 e. The Kier molecular flexibility index (Phi) is 2.80. The maximum atomic E-state index is 12.7. The molecule has 0 aromatic carbocycles. The minimum absolute atomic E-state index is 0.0116. The first-order chi connectivity index (χ1) is 9.63. The zero-order chi connectivity index (χ0) is 13.9. The lowest BCUT2D eigenvalue weighted by atomic mass is 10.2. The molecule has 2 aromatic rings. The van der Waals surface area contributed by atoms with Gasteiger partial charge in [0.25, 0.3) is 5.91 Å². The molecule has 2 saturated heterocycles. The van der Waals surface area contributed by atoms with Crippen molar-refractivity contribution in [2.75, 3.05) is 13.2 Å². The van der Waals surface area contributed by atoms with Crippen LogP contribution in [0.2, 0.25) is 5.02 Å². The number of rotatable bonds is 1. The standard InChI is InChI=1S/C13H11BrClN3O2/c14-10-1-7(15)4-18-11(3-16-12(10)18)13(19)17-5-9-2-8(17)6-20-9/h1,3-4,8-9H,2,5-6H2. The fraction of sp³-hybridized carbons (Fsp3) is 0.385. The monoisotopic (exact) mass is 355 g/mol. The molecule has 4 rings (SSSR count). The number of carbonyl (C=O) groups is 1. The summed E-state index contributed by atoms with van der Waals surface area (Å²) in [5, 5.41) is 0.558. The second-order valence-corrected chi connectivity index (χ2v) is 6.44. The molecular weight excluding hydrogens is 346 g/mol. The molecule has 104 valence electrons. The molecule has 2 aromatic heterocycles. The van der Waals surface area contributed by atoms with Gasteiger partial charge in [-0.1, -0.05) is 11.6 Å². The average Bonchev–Trinajstić information content (AvgIpc) is 3.11. The number of imidazole rings is 1. The normalized spacial score (nSPS) is 24.8. The van der Waals surface area contributed by atoms with Crippen molar-refractivity contribution < 1.29 is 9.53 Å². The zero-order valence-corrected chi connectivity index (χ0v) is 12.8. The molecule has 0 saturated carbocycles. The van der Waals surface area contributed by atoms with Crippen LogP contribution in [0.3, 0.4) is 0 Å². The maximum Gasteiger partial charge on any atom is 0.272 e. The van der Waals surface area contributed by atoms with Crippen LogP contribution in [0.15, 0.2) is 22.9 Å². The van der Waals surface area contributed by atoms with Gasteiger partial charge in [-0.25, -0.2) is 4.98 Å². The molecule has 2 fully saturated rings. The molecule has 20 heavy (non-hydrogen) atoms. The van der Waals surface area contributed by atoms with Crippen molar-refractivity contribution in [3.8, 4) is 0 Å². The van der Waals surface area contributed by atoms with Crippen LogP contribution in [0.4, 0.5) is 0 Å². The Morgan fingerprint density at radius 2 is 2.40 bits per heavy atom. The van der Waals surface area contributed by atoms with Gasteiger partial charge in [-0.3, -0.25) is 9.20 Å². The molecule has 0 spiro atoms. The summed E-state index contributed by atoms with van der Waals surface area (Å²) in [6, 6.07) is 1.96. The maximum absolute atomic E-state index is 12.7. The van der Waals surface area contributed by atoms with E-state index in [1.54, 1.807) is 22.9 Å². The first-order valence-corrected chi connectivity index (χ1v) is 7.55. The van der Waals surface area contributed by atoms with Crippen LogP contribution in [-0.4, -0.2) is 45.5 Å². The first kappa shape index (κ1) is 12.6. The summed E-state index contributed by atoms with van der Waals surface area (Å²) in [7, 11) is 0. The lowest BCUT2D eigenvalue weighted by molar-refractivity contribution is 0.0255. The van der Waals surface area contributed by atoms with E-state index in [1.807, 2.05) is 4.90 Å². The van der Waals surface area contributed by atoms with Crippen LogP contribution in [0, 0.1) is 0 Å². The van der Waals surface area contributed by atoms with Gasteiger partial charge < -0.3 is 9.64 Å². The Bertz CT molecular complexity index is 717. The van der Waals surface area contributed by atoms with Gasteiger partial charge in [0.2, 0.25) is 0 Å². The van der Waals surface area contributed by atoms with E-state index in [0.29, 0.717) is 29.5 Å². The third-order valence-corrected chi connectivity index (χ3v) is 4.70. The number of carbonyl (C=O) groups excluding carboxylic acids is 1. The van der Waals surface area contributed by atoms with Crippen molar-refractivity contribution in [3.63, 3.8) is 0 Å². The Labute approximate surface area is 128 Å². The summed E-state index contributed by atoms with van der Waals surface area (Å²) < 4.78 is 8.04. The highest BCUT2D eigenvalue weighted by atomic mass is 79.9. The van der Waals surface area contributed by atoms with Gasteiger partial charge in [-0.15, -0.1) is 0 Å². The summed E-state index contributed by atoms with van der Waals surface area (Å²) >= 11 is 9.47. The molecule has 2 aliphatic rings. The molecule has 0 N–H and O–H groups in total. The van der Waals surface area contributed by atoms with E-state index in [1.165, 1.54) is 0 Å². The molecule has 2 bridgehead atoms. The number of morpholine rings is 1. The SMILES string of the molecule is O=C(c1cnc2c(Br)cc(Cl)cn12)N1CC2CC1CO2. The third kappa shape index (κ3) is 1.78. The molecule has 4 heterocycles. The number of pyridine rings is 1. The van der Waals surface area contributed by atoms with Crippen molar-refractivity contribution in [2.45, 2.75) is 18.6 Å². The molecule has 0 aliphatic carbocycles. The highest BCUT2D eigenvalue weighted by Gasteiger charge is 2.42. The Morgan fingerprint density at radius 1 is 1.55 bits per heavy atom. The summed E-state index contributed by atoms with van der Waals surface area (Å²) in [4.78, 5) is 18.9. The van der Waals surface area contributed by atoms with Crippen molar-refractivity contribution in [2.24, 2.45) is 0 Å². The molecule has 0 radical (unpaired) electrons. The van der Waals surface area contributed by atoms with Crippen LogP contribution in [-0.2, 0) is 4.74 Å². The zero-order valence-electron chi connectivity index (χ0n) is 10.4. The van der Waals surface area contributed by atoms with E-state index < -0.39 is 0 Å². The Hall–Kier alpha value is -1.11. The van der Waals surface area contributed by atoms with E-state index in [0.717, 1.165) is 10.9 Å². The van der Waals surface area contributed by atoms with Gasteiger partial charge in [0.15, 0.2) is 5.65 Å². The molecule has 2 atom stereocenters. The summed E-state index contributed by atoms with van der Waals surface area (Å²) in [6.07, 6.45) is 4.45. The number of amides is 1. The van der Waals surface area contributed by atoms with Crippen molar-refractivity contribution in [1.29, 1.82) is 0 Å². The highest BCUT2D eigenvalue weighted by Crippen LogP contribution is 2.30. The van der Waals surface area contributed by atoms with Gasteiger partial charge in [0.05, 0.1) is 34.4 Å². The minimum Gasteiger partial charge on any atom is -0.374 e. The van der Waals surface area contributed by atoms with Gasteiger partial charge in [0, 0.05) is 12.7 Å². The molecule has 2 unspecified atom stereocenters. The van der Waals surface area contributed by atoms with Crippen LogP contribution in [0.25, 0.3) is 5.65 Å². The van der Waals surface area contributed by atoms with Crippen LogP contribution in [0.5, 0.6) is 0 Å². The van der Waals surface area contributed by atoms with Crippen molar-refractivity contribution in [3.05, 3.63) is 33.6 Å². The largest absolute Gasteiger partial charge is 0.374 e. The number of likely N-dealkylation sites (tertiary alicyclic amines) is 1. The average molecular weight is 357 g/mol. The first-order valence-electron chi connectivity index (χ1n) is 6.38. The summed E-state index contributed by atoms with van der Waals surface area (Å²) in [6.45, 7) is 1.30. The van der Waals surface area contributed by atoms with Crippen LogP contribution in [0.1, 0.15) is 16.9 Å². The van der Waals surface area contributed by atoms with Crippen LogP contribution < -0.4 is 0 Å². The number of nitrogens with zero attached hydrogens (tertiary/aromatic N) is 3. The summed E-state index contributed by atoms with van der Waals surface area (Å²) in [5.41, 5.74) is 1.23. The van der Waals surface area contributed by atoms with Crippen LogP contribution >= 0.6 is 27.5 Å². The van der Waals surface area contributed by atoms with Gasteiger partial charge in [0.1, 0.15) is 5.69 Å². The van der Waals surface area contributed by atoms with Crippen molar-refractivity contribution in [1.82, 2.24) is 14.3 Å². The number of aromatic nitrogens is 2. The minimum atomic E-state index is -0.0116. The fourth-order valence-electron chi connectivity index (χ4n) is 2.97. The molecule has 5 nitrogen and oxygen atoms in total. The number of ether oxygens (including phenoxy) is 1. The topological polar surface area (TPSA) is 46.8 Å². The number of hydrogen-bond acceptors (Lipinski definition) is 3. The van der Waals surface area contributed by atoms with Gasteiger partial charge in [-0.2, -0.15) is 0 Å². The van der Waals surface area contributed by atoms with E-state index >= 15 is 0 Å². The second-order valence-electron chi connectivity index (χ2n) is 5.15. The lowest BCUT2D eigenvalue weighted by Gasteiger charge is -2.26. The molecule has 2 aliphatic heterocycles. The molecule has 1 amide bonds. The third-order valence-electron chi connectivity index (χ3n) is 3.91. The van der Waals surface area contributed by atoms with E-state index in [-0.39, 0.29) is 18.1 Å². The Morgan fingerprint density at radius 3 is 3.10 bits per heavy atom. The van der Waals surface area contributed by atoms with Gasteiger partial charge >= 0.3 is 0 Å². The second kappa shape index (κ2) is 4.44. The van der Waals surface area contributed by atoms with E-state index in [2.05, 4.69) is 20.9 Å². The fourth-order valence-corrected chi connectivity index (χ4v) is 3.85. The quantitative estimate of drug-likeness (QED) is 0.788. The highest BCUT2D eigenvalue weighted by molar-refractivity contribution is 9.10. The number of hydrogen-bond donors (Lipinski definition) is 0. The summed E-state index contributed by atoms with van der Waals surface area (Å²) in [5.74, 6) is -0.0116. The predicted octanol–water partition coefficient (Wildman–Crippen LogP) is 2.36. The molecule has 7 heteroatoms. The van der Waals surface area contributed by atoms with E-state index in [9.17, 15) is 4.79 Å². The Balaban J connectivity index is 1.77. The number of halogens is 2. The van der Waals surface area contributed by atoms with E-state index in [4.69, 9.17) is 16.3 Å². The predicted molar refractivity (Wildman–Crippen MR) is 77.1 cm³/mol. The lowest BCUT2D eigenvalue weighted by Crippen LogP contribution is -2.41. The van der Waals surface area contributed by atoms with Crippen molar-refractivity contribution >= 4 is 39.1 Å². The number of fused-ring (bicyclic) bond motifs is 3. The molecular formula is C13H11BrClN3O2. The van der Waals surface area contributed by atoms with Gasteiger partial charge in [-0.05, 0) is 28.4 Å².